The van der Waals surface area contributed by atoms with Gasteiger partial charge in [0.2, 0.25) is 0 Å². The molecule has 0 saturated heterocycles. The second-order valence-corrected chi connectivity index (χ2v) is 5.01. The molecule has 2 rings (SSSR count). The number of fused-ring (bicyclic) bond motifs is 1. The lowest BCUT2D eigenvalue weighted by Crippen LogP contribution is -2.24. The minimum Gasteiger partial charge on any atom is -0.0744 e. The summed E-state index contributed by atoms with van der Waals surface area (Å²) in [5.74, 6) is 2.74. The molecule has 1 saturated carbocycles. The fraction of sp³-hybridized carbons (Fsp3) is 0.714. The predicted molar refractivity (Wildman–Crippen MR) is 62.1 cm³/mol. The maximum absolute atomic E-state index is 2.48. The van der Waals surface area contributed by atoms with Crippen LogP contribution in [-0.2, 0) is 0 Å². The molecular weight excluding hydrogens is 168 g/mol. The van der Waals surface area contributed by atoms with Gasteiger partial charge in [0.25, 0.3) is 0 Å². The van der Waals surface area contributed by atoms with Crippen LogP contribution in [0.1, 0.15) is 46.5 Å². The smallest absolute Gasteiger partial charge is 0.00115 e. The van der Waals surface area contributed by atoms with Gasteiger partial charge < -0.3 is 0 Å². The number of hydrogen-bond acceptors (Lipinski definition) is 0. The van der Waals surface area contributed by atoms with Crippen molar-refractivity contribution in [3.8, 4) is 0 Å². The first-order valence-corrected chi connectivity index (χ1v) is 6.13. The van der Waals surface area contributed by atoms with E-state index in [9.17, 15) is 0 Å². The van der Waals surface area contributed by atoms with Crippen LogP contribution in [0.5, 0.6) is 0 Å². The average Bonchev–Trinajstić information content (AvgIpc) is 2.54. The molecule has 0 radical (unpaired) electrons. The molecule has 78 valence electrons. The molecule has 2 aliphatic carbocycles. The minimum absolute atomic E-state index is 0.808. The maximum atomic E-state index is 2.48. The van der Waals surface area contributed by atoms with Gasteiger partial charge in [0.05, 0.1) is 0 Å². The van der Waals surface area contributed by atoms with Gasteiger partial charge in [-0.1, -0.05) is 50.0 Å². The average molecular weight is 190 g/mol. The van der Waals surface area contributed by atoms with Crippen molar-refractivity contribution in [2.24, 2.45) is 17.8 Å². The van der Waals surface area contributed by atoms with Crippen molar-refractivity contribution in [3.05, 3.63) is 23.3 Å². The summed E-state index contributed by atoms with van der Waals surface area (Å²) < 4.78 is 0. The second-order valence-electron chi connectivity index (χ2n) is 5.01. The molecule has 0 aromatic heterocycles. The molecule has 0 heterocycles. The Kier molecular flexibility index (Phi) is 2.80. The summed E-state index contributed by atoms with van der Waals surface area (Å²) in [4.78, 5) is 0. The predicted octanol–water partition coefficient (Wildman–Crippen LogP) is 4.34. The van der Waals surface area contributed by atoms with Crippen molar-refractivity contribution in [1.29, 1.82) is 0 Å². The molecule has 3 unspecified atom stereocenters. The fourth-order valence-electron chi connectivity index (χ4n) is 3.27. The first-order chi connectivity index (χ1) is 6.74. The third-order valence-electron chi connectivity index (χ3n) is 4.12. The van der Waals surface area contributed by atoms with Crippen LogP contribution in [0.4, 0.5) is 0 Å². The first kappa shape index (κ1) is 10.0. The van der Waals surface area contributed by atoms with E-state index in [0.717, 1.165) is 17.8 Å². The van der Waals surface area contributed by atoms with Crippen LogP contribution in [-0.4, -0.2) is 0 Å². The molecule has 0 spiro atoms. The molecule has 0 amide bonds. The van der Waals surface area contributed by atoms with Gasteiger partial charge in [-0.25, -0.2) is 0 Å². The van der Waals surface area contributed by atoms with Crippen molar-refractivity contribution in [2.45, 2.75) is 46.5 Å². The van der Waals surface area contributed by atoms with Gasteiger partial charge in [-0.15, -0.1) is 0 Å². The summed E-state index contributed by atoms with van der Waals surface area (Å²) in [6.45, 7) is 6.95. The van der Waals surface area contributed by atoms with Crippen molar-refractivity contribution >= 4 is 0 Å². The van der Waals surface area contributed by atoms with E-state index in [4.69, 9.17) is 0 Å². The summed E-state index contributed by atoms with van der Waals surface area (Å²) >= 11 is 0. The Morgan fingerprint density at radius 1 is 1.21 bits per heavy atom. The summed E-state index contributed by atoms with van der Waals surface area (Å²) in [5.41, 5.74) is 3.22. The first-order valence-electron chi connectivity index (χ1n) is 6.13. The molecule has 14 heavy (non-hydrogen) atoms. The third-order valence-corrected chi connectivity index (χ3v) is 4.12. The highest BCUT2D eigenvalue weighted by Gasteiger charge is 2.32. The quantitative estimate of drug-likeness (QED) is 0.608. The lowest BCUT2D eigenvalue weighted by molar-refractivity contribution is 0.238. The Balaban J connectivity index is 2.12. The molecule has 0 aliphatic heterocycles. The van der Waals surface area contributed by atoms with Crippen LogP contribution >= 0.6 is 0 Å². The SMILES string of the molecule is CCC1CC2=CC(C)=CC2CC1CC. The van der Waals surface area contributed by atoms with Crippen LogP contribution in [0.3, 0.4) is 0 Å². The van der Waals surface area contributed by atoms with E-state index < -0.39 is 0 Å². The zero-order valence-corrected chi connectivity index (χ0v) is 9.72. The Bertz CT molecular complexity index is 270. The zero-order valence-electron chi connectivity index (χ0n) is 9.72. The summed E-state index contributed by atoms with van der Waals surface area (Å²) in [6, 6.07) is 0. The summed E-state index contributed by atoms with van der Waals surface area (Å²) in [5, 5.41) is 0. The molecule has 0 bridgehead atoms. The normalized spacial score (nSPS) is 36.4. The molecular formula is C14H22. The van der Waals surface area contributed by atoms with Gasteiger partial charge in [-0.2, -0.15) is 0 Å². The van der Waals surface area contributed by atoms with Gasteiger partial charge in [0, 0.05) is 0 Å². The fourth-order valence-corrected chi connectivity index (χ4v) is 3.27. The Hall–Kier alpha value is -0.520. The van der Waals surface area contributed by atoms with E-state index in [1.807, 2.05) is 0 Å². The van der Waals surface area contributed by atoms with Crippen LogP contribution in [0.2, 0.25) is 0 Å². The van der Waals surface area contributed by atoms with Crippen molar-refractivity contribution < 1.29 is 0 Å². The standard InChI is InChI=1S/C14H22/c1-4-11-8-13-6-10(3)7-14(13)9-12(11)5-2/h6-7,11-13H,4-5,8-9H2,1-3H3. The molecule has 0 N–H and O–H groups in total. The van der Waals surface area contributed by atoms with E-state index >= 15 is 0 Å². The van der Waals surface area contributed by atoms with Gasteiger partial charge >= 0.3 is 0 Å². The molecule has 2 aliphatic rings. The van der Waals surface area contributed by atoms with Gasteiger partial charge in [-0.3, -0.25) is 0 Å². The van der Waals surface area contributed by atoms with E-state index in [1.54, 1.807) is 5.57 Å². The third kappa shape index (κ3) is 1.67. The molecule has 0 aromatic rings. The lowest BCUT2D eigenvalue weighted by atomic mass is 9.70. The van der Waals surface area contributed by atoms with Crippen LogP contribution in [0.25, 0.3) is 0 Å². The van der Waals surface area contributed by atoms with E-state index in [1.165, 1.54) is 31.3 Å². The van der Waals surface area contributed by atoms with Crippen molar-refractivity contribution in [1.82, 2.24) is 0 Å². The van der Waals surface area contributed by atoms with Crippen molar-refractivity contribution in [2.75, 3.05) is 0 Å². The molecule has 3 atom stereocenters. The van der Waals surface area contributed by atoms with Crippen LogP contribution in [0.15, 0.2) is 23.3 Å². The van der Waals surface area contributed by atoms with Gasteiger partial charge in [0.15, 0.2) is 0 Å². The Morgan fingerprint density at radius 3 is 2.57 bits per heavy atom. The largest absolute Gasteiger partial charge is 0.0744 e. The molecule has 0 aromatic carbocycles. The maximum Gasteiger partial charge on any atom is -0.00115 e. The molecule has 0 heteroatoms. The molecule has 1 fully saturated rings. The van der Waals surface area contributed by atoms with Crippen LogP contribution in [0, 0.1) is 17.8 Å². The zero-order chi connectivity index (χ0) is 10.1. The monoisotopic (exact) mass is 190 g/mol. The van der Waals surface area contributed by atoms with E-state index in [-0.39, 0.29) is 0 Å². The highest BCUT2D eigenvalue weighted by molar-refractivity contribution is 5.35. The minimum atomic E-state index is 0.808. The van der Waals surface area contributed by atoms with Crippen molar-refractivity contribution in [3.63, 3.8) is 0 Å². The van der Waals surface area contributed by atoms with E-state index in [2.05, 4.69) is 32.9 Å². The summed E-state index contributed by atoms with van der Waals surface area (Å²) in [7, 11) is 0. The van der Waals surface area contributed by atoms with Gasteiger partial charge in [-0.05, 0) is 37.5 Å². The topological polar surface area (TPSA) is 0 Å². The van der Waals surface area contributed by atoms with E-state index in [0.29, 0.717) is 0 Å². The van der Waals surface area contributed by atoms with Crippen LogP contribution < -0.4 is 0 Å². The number of rotatable bonds is 2. The molecule has 0 nitrogen and oxygen atoms in total. The summed E-state index contributed by atoms with van der Waals surface area (Å²) in [6.07, 6.45) is 10.4. The van der Waals surface area contributed by atoms with Gasteiger partial charge in [0.1, 0.15) is 0 Å². The number of hydrogen-bond donors (Lipinski definition) is 0. The Labute approximate surface area is 88.1 Å². The highest BCUT2D eigenvalue weighted by atomic mass is 14.4. The number of allylic oxidation sites excluding steroid dienone is 4. The second kappa shape index (κ2) is 3.92. The highest BCUT2D eigenvalue weighted by Crippen LogP contribution is 2.44. The lowest BCUT2D eigenvalue weighted by Gasteiger charge is -2.35. The Morgan fingerprint density at radius 2 is 1.93 bits per heavy atom.